The fourth-order valence-corrected chi connectivity index (χ4v) is 3.06. The van der Waals surface area contributed by atoms with Crippen molar-refractivity contribution in [3.05, 3.63) is 47.7 Å². The van der Waals surface area contributed by atoms with Crippen LogP contribution in [0.2, 0.25) is 0 Å². The van der Waals surface area contributed by atoms with E-state index in [0.717, 1.165) is 31.7 Å². The third-order valence-corrected chi connectivity index (χ3v) is 4.90. The molecule has 1 aliphatic rings. The van der Waals surface area contributed by atoms with Crippen molar-refractivity contribution in [2.75, 3.05) is 23.3 Å². The van der Waals surface area contributed by atoms with Gasteiger partial charge in [0.25, 0.3) is 0 Å². The van der Waals surface area contributed by atoms with E-state index >= 15 is 0 Å². The van der Waals surface area contributed by atoms with E-state index in [1.807, 2.05) is 0 Å². The lowest BCUT2D eigenvalue weighted by molar-refractivity contribution is -0.118. The Hall–Kier alpha value is -3.29. The Morgan fingerprint density at radius 1 is 0.967 bits per heavy atom. The number of hydrogen-bond acceptors (Lipinski definition) is 7. The highest BCUT2D eigenvalue weighted by Crippen LogP contribution is 2.17. The average Bonchev–Trinajstić information content (AvgIpc) is 3.28. The molecule has 1 aliphatic heterocycles. The fourth-order valence-electron chi connectivity index (χ4n) is 3.06. The first-order valence-electron chi connectivity index (χ1n) is 10.1. The zero-order valence-corrected chi connectivity index (χ0v) is 17.4. The summed E-state index contributed by atoms with van der Waals surface area (Å²) in [6, 6.07) is 9.77. The number of rotatable bonds is 7. The van der Waals surface area contributed by atoms with Crippen molar-refractivity contribution in [3.63, 3.8) is 0 Å². The van der Waals surface area contributed by atoms with Crippen molar-refractivity contribution < 1.29 is 19.1 Å². The number of amides is 1. The van der Waals surface area contributed by atoms with Crippen LogP contribution in [0.4, 0.5) is 11.5 Å². The van der Waals surface area contributed by atoms with Gasteiger partial charge in [0.2, 0.25) is 11.7 Å². The Morgan fingerprint density at radius 2 is 1.63 bits per heavy atom. The molecule has 1 atom stereocenters. The Morgan fingerprint density at radius 3 is 2.20 bits per heavy atom. The standard InChI is InChI=1S/C22H26N4O4/c1-14(2)21(28)23-17-8-6-16(7-9-17)20(27)15(3)30-22(29)18-10-11-19(25-24-18)26-12-4-5-13-26/h6-11,14-15H,4-5,12-13H2,1-3H3,(H,23,28). The summed E-state index contributed by atoms with van der Waals surface area (Å²) < 4.78 is 5.27. The number of nitrogens with zero attached hydrogens (tertiary/aromatic N) is 3. The molecule has 0 spiro atoms. The normalized spacial score (nSPS) is 14.5. The summed E-state index contributed by atoms with van der Waals surface area (Å²) in [6.07, 6.45) is 1.26. The van der Waals surface area contributed by atoms with Gasteiger partial charge < -0.3 is 15.0 Å². The molecule has 2 heterocycles. The van der Waals surface area contributed by atoms with Crippen molar-refractivity contribution >= 4 is 29.2 Å². The highest BCUT2D eigenvalue weighted by atomic mass is 16.5. The van der Waals surface area contributed by atoms with Gasteiger partial charge in [-0.3, -0.25) is 9.59 Å². The number of carbonyl (C=O) groups is 3. The lowest BCUT2D eigenvalue weighted by Gasteiger charge is -2.15. The lowest BCUT2D eigenvalue weighted by atomic mass is 10.1. The number of aromatic nitrogens is 2. The number of ether oxygens (including phenoxy) is 1. The summed E-state index contributed by atoms with van der Waals surface area (Å²) >= 11 is 0. The summed E-state index contributed by atoms with van der Waals surface area (Å²) in [5.74, 6) is -0.548. The van der Waals surface area contributed by atoms with E-state index in [4.69, 9.17) is 4.74 Å². The summed E-state index contributed by atoms with van der Waals surface area (Å²) in [7, 11) is 0. The molecule has 8 nitrogen and oxygen atoms in total. The van der Waals surface area contributed by atoms with E-state index in [1.54, 1.807) is 50.2 Å². The molecule has 1 N–H and O–H groups in total. The van der Waals surface area contributed by atoms with E-state index in [2.05, 4.69) is 20.4 Å². The number of esters is 1. The smallest absolute Gasteiger partial charge is 0.359 e. The molecule has 1 amide bonds. The second-order valence-electron chi connectivity index (χ2n) is 7.60. The van der Waals surface area contributed by atoms with E-state index in [-0.39, 0.29) is 23.3 Å². The van der Waals surface area contributed by atoms with Crippen LogP contribution in [-0.2, 0) is 9.53 Å². The zero-order chi connectivity index (χ0) is 21.7. The molecule has 1 saturated heterocycles. The first kappa shape index (κ1) is 21.4. The van der Waals surface area contributed by atoms with Crippen LogP contribution in [-0.4, -0.2) is 47.1 Å². The van der Waals surface area contributed by atoms with Gasteiger partial charge in [0.15, 0.2) is 17.6 Å². The van der Waals surface area contributed by atoms with Gasteiger partial charge >= 0.3 is 5.97 Å². The predicted octanol–water partition coefficient (Wildman–Crippen LogP) is 3.10. The van der Waals surface area contributed by atoms with Crippen molar-refractivity contribution in [3.8, 4) is 0 Å². The van der Waals surface area contributed by atoms with Crippen molar-refractivity contribution in [1.82, 2.24) is 10.2 Å². The van der Waals surface area contributed by atoms with Gasteiger partial charge in [-0.2, -0.15) is 0 Å². The topological polar surface area (TPSA) is 101 Å². The molecule has 0 bridgehead atoms. The number of hydrogen-bond donors (Lipinski definition) is 1. The predicted molar refractivity (Wildman–Crippen MR) is 113 cm³/mol. The lowest BCUT2D eigenvalue weighted by Crippen LogP contribution is -2.25. The highest BCUT2D eigenvalue weighted by molar-refractivity contribution is 6.01. The SMILES string of the molecule is CC(C)C(=O)Nc1ccc(C(=O)C(C)OC(=O)c2ccc(N3CCCC3)nn2)cc1. The van der Waals surface area contributed by atoms with Crippen LogP contribution in [0.15, 0.2) is 36.4 Å². The number of benzene rings is 1. The number of nitrogens with one attached hydrogen (secondary N) is 1. The van der Waals surface area contributed by atoms with Crippen LogP contribution < -0.4 is 10.2 Å². The van der Waals surface area contributed by atoms with Gasteiger partial charge in [-0.05, 0) is 56.2 Å². The highest BCUT2D eigenvalue weighted by Gasteiger charge is 2.22. The number of anilines is 2. The summed E-state index contributed by atoms with van der Waals surface area (Å²) in [5, 5.41) is 10.8. The maximum atomic E-state index is 12.6. The van der Waals surface area contributed by atoms with E-state index in [9.17, 15) is 14.4 Å². The second-order valence-corrected chi connectivity index (χ2v) is 7.60. The molecule has 1 aromatic heterocycles. The third-order valence-electron chi connectivity index (χ3n) is 4.90. The quantitative estimate of drug-likeness (QED) is 0.553. The third kappa shape index (κ3) is 5.20. The molecule has 158 valence electrons. The molecule has 0 radical (unpaired) electrons. The van der Waals surface area contributed by atoms with Crippen LogP contribution in [0, 0.1) is 5.92 Å². The minimum atomic E-state index is -0.978. The van der Waals surface area contributed by atoms with Gasteiger partial charge in [0.05, 0.1) is 0 Å². The Kier molecular flexibility index (Phi) is 6.76. The first-order valence-corrected chi connectivity index (χ1v) is 10.1. The molecule has 1 aromatic carbocycles. The molecule has 30 heavy (non-hydrogen) atoms. The number of ketones is 1. The van der Waals surface area contributed by atoms with E-state index in [1.165, 1.54) is 6.92 Å². The van der Waals surface area contributed by atoms with Gasteiger partial charge in [-0.25, -0.2) is 4.79 Å². The van der Waals surface area contributed by atoms with Gasteiger partial charge in [-0.1, -0.05) is 13.8 Å². The maximum Gasteiger partial charge on any atom is 0.359 e. The first-order chi connectivity index (χ1) is 14.3. The molecule has 0 aliphatic carbocycles. The molecular weight excluding hydrogens is 384 g/mol. The zero-order valence-electron chi connectivity index (χ0n) is 17.4. The van der Waals surface area contributed by atoms with Gasteiger partial charge in [0.1, 0.15) is 0 Å². The minimum Gasteiger partial charge on any atom is -0.449 e. The van der Waals surface area contributed by atoms with Gasteiger partial charge in [0, 0.05) is 30.3 Å². The Balaban J connectivity index is 1.58. The largest absolute Gasteiger partial charge is 0.449 e. The van der Waals surface area contributed by atoms with Crippen molar-refractivity contribution in [1.29, 1.82) is 0 Å². The average molecular weight is 410 g/mol. The molecule has 1 unspecified atom stereocenters. The van der Waals surface area contributed by atoms with Crippen molar-refractivity contribution in [2.45, 2.75) is 39.7 Å². The van der Waals surface area contributed by atoms with Crippen LogP contribution in [0.5, 0.6) is 0 Å². The number of carbonyl (C=O) groups excluding carboxylic acids is 3. The number of Topliss-reactive ketones (excluding diaryl/α,β-unsaturated/α-hetero) is 1. The second kappa shape index (κ2) is 9.47. The molecule has 3 rings (SSSR count). The van der Waals surface area contributed by atoms with E-state index < -0.39 is 12.1 Å². The van der Waals surface area contributed by atoms with Gasteiger partial charge in [-0.15, -0.1) is 10.2 Å². The Bertz CT molecular complexity index is 904. The molecule has 8 heteroatoms. The van der Waals surface area contributed by atoms with Crippen LogP contribution in [0.3, 0.4) is 0 Å². The maximum absolute atomic E-state index is 12.6. The molecule has 0 saturated carbocycles. The molecule has 2 aromatic rings. The van der Waals surface area contributed by atoms with Crippen LogP contribution >= 0.6 is 0 Å². The molecule has 1 fully saturated rings. The summed E-state index contributed by atoms with van der Waals surface area (Å²) in [6.45, 7) is 6.98. The summed E-state index contributed by atoms with van der Waals surface area (Å²) in [5.41, 5.74) is 1.04. The Labute approximate surface area is 175 Å². The van der Waals surface area contributed by atoms with Crippen molar-refractivity contribution in [2.24, 2.45) is 5.92 Å². The van der Waals surface area contributed by atoms with Crippen LogP contribution in [0.25, 0.3) is 0 Å². The monoisotopic (exact) mass is 410 g/mol. The molecular formula is C22H26N4O4. The summed E-state index contributed by atoms with van der Waals surface area (Å²) in [4.78, 5) is 38.8. The van der Waals surface area contributed by atoms with Crippen LogP contribution in [0.1, 0.15) is 54.5 Å². The van der Waals surface area contributed by atoms with E-state index in [0.29, 0.717) is 11.3 Å². The fraction of sp³-hybridized carbons (Fsp3) is 0.409. The minimum absolute atomic E-state index is 0.0596.